The molecular formula is C18H24N4O2S. The highest BCUT2D eigenvalue weighted by atomic mass is 32.2. The van der Waals surface area contributed by atoms with Gasteiger partial charge in [0.15, 0.2) is 5.03 Å². The quantitative estimate of drug-likeness (QED) is 0.843. The summed E-state index contributed by atoms with van der Waals surface area (Å²) in [6.07, 6.45) is 9.12. The van der Waals surface area contributed by atoms with Gasteiger partial charge in [0, 0.05) is 31.5 Å². The van der Waals surface area contributed by atoms with Crippen LogP contribution < -0.4 is 0 Å². The summed E-state index contributed by atoms with van der Waals surface area (Å²) in [4.78, 5) is 4.26. The Labute approximate surface area is 148 Å². The van der Waals surface area contributed by atoms with Crippen molar-refractivity contribution in [3.63, 3.8) is 0 Å². The Morgan fingerprint density at radius 2 is 1.96 bits per heavy atom. The zero-order chi connectivity index (χ0) is 17.6. The number of hydrogen-bond donors (Lipinski definition) is 0. The van der Waals surface area contributed by atoms with Gasteiger partial charge in [-0.1, -0.05) is 6.07 Å². The number of aromatic nitrogens is 3. The highest BCUT2D eigenvalue weighted by Gasteiger charge is 2.40. The zero-order valence-electron chi connectivity index (χ0n) is 14.8. The summed E-state index contributed by atoms with van der Waals surface area (Å²) in [6, 6.07) is 1.91. The predicted octanol–water partition coefficient (Wildman–Crippen LogP) is 2.53. The molecule has 2 aromatic heterocycles. The van der Waals surface area contributed by atoms with E-state index in [-0.39, 0.29) is 6.04 Å². The Hall–Kier alpha value is -1.73. The largest absolute Gasteiger partial charge is 0.264 e. The third-order valence-electron chi connectivity index (χ3n) is 5.30. The lowest BCUT2D eigenvalue weighted by Gasteiger charge is -2.25. The second kappa shape index (κ2) is 6.21. The normalized spacial score (nSPS) is 21.4. The molecule has 1 aliphatic carbocycles. The molecule has 134 valence electrons. The maximum Gasteiger partial charge on any atom is 0.261 e. The number of fused-ring (bicyclic) bond motifs is 1. The Morgan fingerprint density at radius 1 is 1.16 bits per heavy atom. The molecule has 1 saturated heterocycles. The van der Waals surface area contributed by atoms with E-state index in [1.165, 1.54) is 0 Å². The van der Waals surface area contributed by atoms with E-state index in [9.17, 15) is 8.42 Å². The highest BCUT2D eigenvalue weighted by Crippen LogP contribution is 2.38. The molecule has 7 heteroatoms. The van der Waals surface area contributed by atoms with E-state index in [0.717, 1.165) is 60.9 Å². The molecule has 25 heavy (non-hydrogen) atoms. The molecule has 1 fully saturated rings. The summed E-state index contributed by atoms with van der Waals surface area (Å²) in [5.74, 6) is 0. The molecule has 2 aromatic rings. The van der Waals surface area contributed by atoms with Crippen molar-refractivity contribution < 1.29 is 8.42 Å². The highest BCUT2D eigenvalue weighted by molar-refractivity contribution is 7.89. The van der Waals surface area contributed by atoms with Crippen LogP contribution >= 0.6 is 0 Å². The molecule has 2 aliphatic rings. The van der Waals surface area contributed by atoms with Crippen LogP contribution in [0.1, 0.15) is 54.1 Å². The molecule has 1 unspecified atom stereocenters. The monoisotopic (exact) mass is 360 g/mol. The topological polar surface area (TPSA) is 68.1 Å². The van der Waals surface area contributed by atoms with Crippen molar-refractivity contribution in [1.82, 2.24) is 19.1 Å². The minimum absolute atomic E-state index is 0.133. The van der Waals surface area contributed by atoms with E-state index in [2.05, 4.69) is 10.1 Å². The van der Waals surface area contributed by atoms with Gasteiger partial charge in [0.2, 0.25) is 0 Å². The van der Waals surface area contributed by atoms with E-state index in [0.29, 0.717) is 11.6 Å². The molecule has 0 N–H and O–H groups in total. The lowest BCUT2D eigenvalue weighted by atomic mass is 9.99. The second-order valence-electron chi connectivity index (χ2n) is 7.13. The second-order valence-corrected chi connectivity index (χ2v) is 8.94. The first kappa shape index (κ1) is 16.7. The van der Waals surface area contributed by atoms with Gasteiger partial charge in [-0.3, -0.25) is 9.67 Å². The molecular weight excluding hydrogens is 336 g/mol. The van der Waals surface area contributed by atoms with E-state index >= 15 is 0 Å². The van der Waals surface area contributed by atoms with Gasteiger partial charge in [-0.2, -0.15) is 9.40 Å². The third kappa shape index (κ3) is 2.79. The molecule has 0 amide bonds. The van der Waals surface area contributed by atoms with E-state index in [1.807, 2.05) is 13.0 Å². The molecule has 0 aromatic carbocycles. The lowest BCUT2D eigenvalue weighted by Crippen LogP contribution is -2.32. The minimum atomic E-state index is -3.57. The van der Waals surface area contributed by atoms with E-state index in [1.54, 1.807) is 28.4 Å². The lowest BCUT2D eigenvalue weighted by molar-refractivity contribution is 0.390. The van der Waals surface area contributed by atoms with E-state index in [4.69, 9.17) is 0 Å². The maximum absolute atomic E-state index is 13.5. The van der Waals surface area contributed by atoms with Gasteiger partial charge in [0.25, 0.3) is 10.0 Å². The molecule has 0 radical (unpaired) electrons. The molecule has 0 saturated carbocycles. The third-order valence-corrected chi connectivity index (χ3v) is 7.35. The van der Waals surface area contributed by atoms with Crippen LogP contribution in [0.5, 0.6) is 0 Å². The van der Waals surface area contributed by atoms with Gasteiger partial charge in [-0.25, -0.2) is 8.42 Å². The van der Waals surface area contributed by atoms with Crippen LogP contribution in [-0.2, 0) is 29.9 Å². The van der Waals surface area contributed by atoms with Gasteiger partial charge in [0.05, 0.1) is 11.7 Å². The first-order valence-electron chi connectivity index (χ1n) is 8.96. The number of aryl methyl sites for hydroxylation is 3. The van der Waals surface area contributed by atoms with Gasteiger partial charge in [0.1, 0.15) is 0 Å². The van der Waals surface area contributed by atoms with Crippen LogP contribution in [0, 0.1) is 6.92 Å². The fourth-order valence-electron chi connectivity index (χ4n) is 4.21. The smallest absolute Gasteiger partial charge is 0.261 e. The summed E-state index contributed by atoms with van der Waals surface area (Å²) in [5, 5.41) is 4.90. The Morgan fingerprint density at radius 3 is 2.76 bits per heavy atom. The van der Waals surface area contributed by atoms with Gasteiger partial charge in [-0.05, 0) is 56.6 Å². The van der Waals surface area contributed by atoms with Crippen LogP contribution in [0.15, 0.2) is 23.5 Å². The van der Waals surface area contributed by atoms with Crippen LogP contribution in [0.4, 0.5) is 0 Å². The molecule has 6 nitrogen and oxygen atoms in total. The first-order chi connectivity index (χ1) is 12.0. The van der Waals surface area contributed by atoms with Crippen molar-refractivity contribution >= 4 is 10.0 Å². The standard InChI is InChI=1S/C18H24N4O2S/c1-13-10-14(12-19-11-13)17-8-5-9-22(17)25(23,24)18-15-6-3-4-7-16(15)20-21(18)2/h10-12,17H,3-9H2,1-2H3. The Kier molecular flexibility index (Phi) is 4.16. The average Bonchev–Trinajstić information content (AvgIpc) is 3.19. The Bertz CT molecular complexity index is 904. The maximum atomic E-state index is 13.5. The van der Waals surface area contributed by atoms with Crippen molar-refractivity contribution in [3.8, 4) is 0 Å². The minimum Gasteiger partial charge on any atom is -0.264 e. The summed E-state index contributed by atoms with van der Waals surface area (Å²) in [5.41, 5.74) is 3.93. The van der Waals surface area contributed by atoms with Gasteiger partial charge >= 0.3 is 0 Å². The number of rotatable bonds is 3. The molecule has 1 atom stereocenters. The van der Waals surface area contributed by atoms with Crippen LogP contribution in [-0.4, -0.2) is 34.0 Å². The van der Waals surface area contributed by atoms with Crippen molar-refractivity contribution in [2.75, 3.05) is 6.54 Å². The van der Waals surface area contributed by atoms with Crippen LogP contribution in [0.2, 0.25) is 0 Å². The molecule has 0 bridgehead atoms. The van der Waals surface area contributed by atoms with Gasteiger partial charge < -0.3 is 0 Å². The molecule has 1 aliphatic heterocycles. The molecule has 4 rings (SSSR count). The number of hydrogen-bond acceptors (Lipinski definition) is 4. The number of sulfonamides is 1. The molecule has 0 spiro atoms. The molecule has 3 heterocycles. The summed E-state index contributed by atoms with van der Waals surface area (Å²) in [6.45, 7) is 2.54. The first-order valence-corrected chi connectivity index (χ1v) is 10.4. The SMILES string of the molecule is Cc1cncc(C2CCCN2S(=O)(=O)c2c3c(nn2C)CCCC3)c1. The summed E-state index contributed by atoms with van der Waals surface area (Å²) in [7, 11) is -1.82. The number of nitrogens with zero attached hydrogens (tertiary/aromatic N) is 4. The van der Waals surface area contributed by atoms with Crippen molar-refractivity contribution in [2.24, 2.45) is 7.05 Å². The van der Waals surface area contributed by atoms with Crippen LogP contribution in [0.3, 0.4) is 0 Å². The van der Waals surface area contributed by atoms with Crippen molar-refractivity contribution in [2.45, 2.75) is 56.5 Å². The number of pyridine rings is 1. The summed E-state index contributed by atoms with van der Waals surface area (Å²) >= 11 is 0. The fraction of sp³-hybridized carbons (Fsp3) is 0.556. The van der Waals surface area contributed by atoms with Crippen molar-refractivity contribution in [1.29, 1.82) is 0 Å². The van der Waals surface area contributed by atoms with Gasteiger partial charge in [-0.15, -0.1) is 0 Å². The summed E-state index contributed by atoms with van der Waals surface area (Å²) < 4.78 is 30.2. The van der Waals surface area contributed by atoms with Crippen molar-refractivity contribution in [3.05, 3.63) is 40.8 Å². The van der Waals surface area contributed by atoms with E-state index < -0.39 is 10.0 Å². The fourth-order valence-corrected chi connectivity index (χ4v) is 6.27. The Balaban J connectivity index is 1.76. The predicted molar refractivity (Wildman–Crippen MR) is 94.7 cm³/mol. The van der Waals surface area contributed by atoms with Crippen LogP contribution in [0.25, 0.3) is 0 Å². The zero-order valence-corrected chi connectivity index (χ0v) is 15.6. The average molecular weight is 360 g/mol.